The maximum absolute atomic E-state index is 12.9. The van der Waals surface area contributed by atoms with Gasteiger partial charge in [-0.25, -0.2) is 4.90 Å². The molecule has 8 heteroatoms. The summed E-state index contributed by atoms with van der Waals surface area (Å²) in [4.78, 5) is 41.4. The normalized spacial score (nSPS) is 16.3. The highest BCUT2D eigenvalue weighted by atomic mass is 35.5. The zero-order valence-corrected chi connectivity index (χ0v) is 17.5. The van der Waals surface area contributed by atoms with Crippen molar-refractivity contribution in [2.45, 2.75) is 25.8 Å². The maximum Gasteiger partial charge on any atom is 0.266 e. The van der Waals surface area contributed by atoms with Crippen LogP contribution < -0.4 is 15.4 Å². The molecule has 0 spiro atoms. The van der Waals surface area contributed by atoms with E-state index in [2.05, 4.69) is 0 Å². The number of nitrogens with two attached hydrogens (primary N) is 1. The molecule has 2 aromatic carbocycles. The summed E-state index contributed by atoms with van der Waals surface area (Å²) >= 11 is 0. The van der Waals surface area contributed by atoms with Crippen molar-refractivity contribution in [2.75, 3.05) is 24.6 Å². The molecular weight excluding hydrogens is 406 g/mol. The van der Waals surface area contributed by atoms with Crippen molar-refractivity contribution < 1.29 is 19.1 Å². The van der Waals surface area contributed by atoms with Crippen LogP contribution in [-0.2, 0) is 0 Å². The minimum absolute atomic E-state index is 0. The summed E-state index contributed by atoms with van der Waals surface area (Å²) in [5, 5.41) is 0. The summed E-state index contributed by atoms with van der Waals surface area (Å²) in [5.74, 6) is -0.289. The Morgan fingerprint density at radius 2 is 1.67 bits per heavy atom. The fourth-order valence-corrected chi connectivity index (χ4v) is 3.75. The standard InChI is InChI=1S/C22H23N3O4.ClH/c1-2-29-17-6-4-16(5-7-17)25-21(27)18-8-3-14(13-19(18)22(25)28)20(26)24-11-9-15(23)10-12-24;/h3-8,13,15H,2,9-12,23H2,1H3;1H. The molecule has 1 fully saturated rings. The lowest BCUT2D eigenvalue weighted by Crippen LogP contribution is -2.42. The highest BCUT2D eigenvalue weighted by molar-refractivity contribution is 6.34. The van der Waals surface area contributed by atoms with Gasteiger partial charge in [-0.1, -0.05) is 0 Å². The van der Waals surface area contributed by atoms with Gasteiger partial charge in [-0.2, -0.15) is 0 Å². The minimum Gasteiger partial charge on any atom is -0.494 e. The van der Waals surface area contributed by atoms with E-state index in [1.54, 1.807) is 41.3 Å². The van der Waals surface area contributed by atoms with E-state index in [9.17, 15) is 14.4 Å². The molecule has 0 aromatic heterocycles. The predicted octanol–water partition coefficient (Wildman–Crippen LogP) is 2.87. The molecule has 2 heterocycles. The number of hydrogen-bond acceptors (Lipinski definition) is 5. The van der Waals surface area contributed by atoms with Gasteiger partial charge in [-0.05, 0) is 62.2 Å². The fourth-order valence-electron chi connectivity index (χ4n) is 3.75. The number of rotatable bonds is 4. The number of carbonyl (C=O) groups excluding carboxylic acids is 3. The Hall–Kier alpha value is -2.90. The van der Waals surface area contributed by atoms with Crippen LogP contribution in [0.4, 0.5) is 5.69 Å². The van der Waals surface area contributed by atoms with E-state index in [0.717, 1.165) is 17.7 Å². The Balaban J connectivity index is 0.00000256. The first-order chi connectivity index (χ1) is 14.0. The molecule has 7 nitrogen and oxygen atoms in total. The minimum atomic E-state index is -0.426. The smallest absolute Gasteiger partial charge is 0.266 e. The van der Waals surface area contributed by atoms with E-state index in [0.29, 0.717) is 42.3 Å². The van der Waals surface area contributed by atoms with Gasteiger partial charge in [0.05, 0.1) is 23.4 Å². The molecule has 4 rings (SSSR count). The van der Waals surface area contributed by atoms with Crippen molar-refractivity contribution in [1.82, 2.24) is 4.90 Å². The molecular formula is C22H24ClN3O4. The largest absolute Gasteiger partial charge is 0.494 e. The van der Waals surface area contributed by atoms with E-state index < -0.39 is 11.8 Å². The van der Waals surface area contributed by atoms with Crippen LogP contribution in [-0.4, -0.2) is 48.4 Å². The lowest BCUT2D eigenvalue weighted by atomic mass is 10.0. The monoisotopic (exact) mass is 429 g/mol. The summed E-state index contributed by atoms with van der Waals surface area (Å²) in [6.45, 7) is 3.62. The zero-order chi connectivity index (χ0) is 20.5. The molecule has 0 aliphatic carbocycles. The van der Waals surface area contributed by atoms with Gasteiger partial charge in [0.15, 0.2) is 0 Å². The second-order valence-electron chi connectivity index (χ2n) is 7.26. The van der Waals surface area contributed by atoms with Crippen LogP contribution in [0.5, 0.6) is 5.75 Å². The summed E-state index contributed by atoms with van der Waals surface area (Å²) < 4.78 is 5.41. The van der Waals surface area contributed by atoms with Crippen LogP contribution in [0.2, 0.25) is 0 Å². The van der Waals surface area contributed by atoms with Gasteiger partial charge in [0.1, 0.15) is 5.75 Å². The SMILES string of the molecule is CCOc1ccc(N2C(=O)c3ccc(C(=O)N4CCC(N)CC4)cc3C2=O)cc1.Cl. The number of halogens is 1. The Morgan fingerprint density at radius 1 is 1.03 bits per heavy atom. The quantitative estimate of drug-likeness (QED) is 0.754. The first-order valence-electron chi connectivity index (χ1n) is 9.80. The Labute approximate surface area is 181 Å². The number of nitrogens with zero attached hydrogens (tertiary/aromatic N) is 2. The number of piperidine rings is 1. The first kappa shape index (κ1) is 21.8. The van der Waals surface area contributed by atoms with Crippen molar-refractivity contribution in [3.63, 3.8) is 0 Å². The van der Waals surface area contributed by atoms with Gasteiger partial charge < -0.3 is 15.4 Å². The topological polar surface area (TPSA) is 92.9 Å². The summed E-state index contributed by atoms with van der Waals surface area (Å²) in [6, 6.07) is 11.6. The number of fused-ring (bicyclic) bond motifs is 1. The van der Waals surface area contributed by atoms with Gasteiger partial charge >= 0.3 is 0 Å². The molecule has 30 heavy (non-hydrogen) atoms. The summed E-state index contributed by atoms with van der Waals surface area (Å²) in [5.41, 5.74) is 7.35. The second kappa shape index (κ2) is 8.85. The number of anilines is 1. The van der Waals surface area contributed by atoms with Gasteiger partial charge in [-0.3, -0.25) is 14.4 Å². The first-order valence-corrected chi connectivity index (χ1v) is 9.80. The molecule has 0 unspecified atom stereocenters. The zero-order valence-electron chi connectivity index (χ0n) is 16.7. The van der Waals surface area contributed by atoms with E-state index in [4.69, 9.17) is 10.5 Å². The van der Waals surface area contributed by atoms with Gasteiger partial charge in [-0.15, -0.1) is 12.4 Å². The van der Waals surface area contributed by atoms with Gasteiger partial charge in [0, 0.05) is 24.7 Å². The predicted molar refractivity (Wildman–Crippen MR) is 116 cm³/mol. The molecule has 158 valence electrons. The van der Waals surface area contributed by atoms with Crippen LogP contribution in [0.3, 0.4) is 0 Å². The molecule has 2 aromatic rings. The third-order valence-corrected chi connectivity index (χ3v) is 5.37. The van der Waals surface area contributed by atoms with Crippen molar-refractivity contribution in [2.24, 2.45) is 5.73 Å². The molecule has 0 bridgehead atoms. The van der Waals surface area contributed by atoms with Crippen LogP contribution in [0.25, 0.3) is 0 Å². The summed E-state index contributed by atoms with van der Waals surface area (Å²) in [6.07, 6.45) is 1.53. The van der Waals surface area contributed by atoms with Crippen LogP contribution in [0.1, 0.15) is 50.8 Å². The molecule has 0 atom stereocenters. The Morgan fingerprint density at radius 3 is 2.30 bits per heavy atom. The number of amides is 3. The van der Waals surface area contributed by atoms with Gasteiger partial charge in [0.25, 0.3) is 17.7 Å². The van der Waals surface area contributed by atoms with Crippen molar-refractivity contribution in [3.05, 3.63) is 59.2 Å². The Kier molecular flexibility index (Phi) is 6.43. The fraction of sp³-hybridized carbons (Fsp3) is 0.318. The molecule has 2 aliphatic rings. The maximum atomic E-state index is 12.9. The molecule has 0 saturated carbocycles. The highest BCUT2D eigenvalue weighted by Gasteiger charge is 2.37. The van der Waals surface area contributed by atoms with E-state index in [1.807, 2.05) is 6.92 Å². The van der Waals surface area contributed by atoms with E-state index in [-0.39, 0.29) is 29.9 Å². The number of hydrogen-bond donors (Lipinski definition) is 1. The van der Waals surface area contributed by atoms with Crippen molar-refractivity contribution in [1.29, 1.82) is 0 Å². The molecule has 1 saturated heterocycles. The third-order valence-electron chi connectivity index (χ3n) is 5.37. The van der Waals surface area contributed by atoms with Crippen LogP contribution >= 0.6 is 12.4 Å². The van der Waals surface area contributed by atoms with Crippen LogP contribution in [0.15, 0.2) is 42.5 Å². The summed E-state index contributed by atoms with van der Waals surface area (Å²) in [7, 11) is 0. The van der Waals surface area contributed by atoms with Crippen molar-refractivity contribution >= 4 is 35.8 Å². The Bertz CT molecular complexity index is 969. The molecule has 0 radical (unpaired) electrons. The molecule has 2 N–H and O–H groups in total. The lowest BCUT2D eigenvalue weighted by Gasteiger charge is -2.30. The second-order valence-corrected chi connectivity index (χ2v) is 7.26. The molecule has 2 aliphatic heterocycles. The van der Waals surface area contributed by atoms with Crippen LogP contribution in [0, 0.1) is 0 Å². The number of ether oxygens (including phenoxy) is 1. The number of imide groups is 1. The average Bonchev–Trinajstić information content (AvgIpc) is 2.99. The van der Waals surface area contributed by atoms with E-state index in [1.165, 1.54) is 6.07 Å². The number of carbonyl (C=O) groups is 3. The number of benzene rings is 2. The van der Waals surface area contributed by atoms with Gasteiger partial charge in [0.2, 0.25) is 0 Å². The lowest BCUT2D eigenvalue weighted by molar-refractivity contribution is 0.0714. The average molecular weight is 430 g/mol. The third kappa shape index (κ3) is 3.91. The number of likely N-dealkylation sites (tertiary alicyclic amines) is 1. The molecule has 3 amide bonds. The van der Waals surface area contributed by atoms with Crippen molar-refractivity contribution in [3.8, 4) is 5.75 Å². The highest BCUT2D eigenvalue weighted by Crippen LogP contribution is 2.30. The van der Waals surface area contributed by atoms with E-state index >= 15 is 0 Å².